The highest BCUT2D eigenvalue weighted by atomic mass is 15.7. The number of hydrogen-bond donors (Lipinski definition) is 2. The minimum atomic E-state index is 0.836. The van der Waals surface area contributed by atoms with Crippen molar-refractivity contribution in [3.63, 3.8) is 0 Å². The molecule has 0 aromatic carbocycles. The van der Waals surface area contributed by atoms with Gasteiger partial charge in [0.25, 0.3) is 0 Å². The van der Waals surface area contributed by atoms with E-state index in [0.717, 1.165) is 30.1 Å². The minimum Gasteiger partial charge on any atom is -0.372 e. The van der Waals surface area contributed by atoms with Gasteiger partial charge in [-0.05, 0) is 50.0 Å². The number of rotatable bonds is 8. The van der Waals surface area contributed by atoms with Crippen molar-refractivity contribution in [2.75, 3.05) is 13.1 Å². The van der Waals surface area contributed by atoms with Crippen molar-refractivity contribution >= 4 is 0 Å². The van der Waals surface area contributed by atoms with Crippen LogP contribution in [0.4, 0.5) is 0 Å². The van der Waals surface area contributed by atoms with E-state index in [1.54, 1.807) is 6.08 Å². The molecule has 0 atom stereocenters. The van der Waals surface area contributed by atoms with Gasteiger partial charge in [0.2, 0.25) is 0 Å². The van der Waals surface area contributed by atoms with Crippen molar-refractivity contribution in [3.8, 4) is 0 Å². The molecule has 1 rings (SSSR count). The zero-order valence-corrected chi connectivity index (χ0v) is 13.6. The van der Waals surface area contributed by atoms with Gasteiger partial charge in [0, 0.05) is 25.0 Å². The molecule has 4 nitrogen and oxygen atoms in total. The van der Waals surface area contributed by atoms with Crippen LogP contribution in [0.5, 0.6) is 0 Å². The number of nitrogens with one attached hydrogen (secondary N) is 1. The average Bonchev–Trinajstić information content (AvgIpc) is 2.53. The molecular formula is C18H28N4. The summed E-state index contributed by atoms with van der Waals surface area (Å²) in [5, 5.41) is 1.30. The zero-order chi connectivity index (χ0) is 16.4. The van der Waals surface area contributed by atoms with Gasteiger partial charge in [-0.2, -0.15) is 0 Å². The Balaban J connectivity index is 2.66. The third kappa shape index (κ3) is 6.50. The van der Waals surface area contributed by atoms with Gasteiger partial charge in [0.1, 0.15) is 0 Å². The van der Waals surface area contributed by atoms with Gasteiger partial charge in [-0.25, -0.2) is 11.0 Å². The number of nitrogens with zero attached hydrogens (tertiary/aromatic N) is 2. The summed E-state index contributed by atoms with van der Waals surface area (Å²) in [6.07, 6.45) is 15.0. The molecule has 0 aromatic heterocycles. The summed E-state index contributed by atoms with van der Waals surface area (Å²) >= 11 is 0. The van der Waals surface area contributed by atoms with Crippen LogP contribution in [0.3, 0.4) is 0 Å². The van der Waals surface area contributed by atoms with E-state index in [-0.39, 0.29) is 0 Å². The average molecular weight is 300 g/mol. The van der Waals surface area contributed by atoms with E-state index >= 15 is 0 Å². The molecule has 1 heterocycles. The molecule has 1 fully saturated rings. The molecule has 0 aliphatic carbocycles. The molecule has 0 spiro atoms. The topological polar surface area (TPSA) is 44.5 Å². The van der Waals surface area contributed by atoms with Crippen LogP contribution in [0.25, 0.3) is 0 Å². The fourth-order valence-corrected chi connectivity index (χ4v) is 2.25. The summed E-state index contributed by atoms with van der Waals surface area (Å²) < 4.78 is 0. The Morgan fingerprint density at radius 3 is 2.45 bits per heavy atom. The van der Waals surface area contributed by atoms with Crippen molar-refractivity contribution < 1.29 is 0 Å². The second-order valence-corrected chi connectivity index (χ2v) is 5.32. The number of hydrazine groups is 2. The molecule has 0 radical (unpaired) electrons. The number of hydrogen-bond acceptors (Lipinski definition) is 4. The van der Waals surface area contributed by atoms with Crippen LogP contribution in [-0.2, 0) is 0 Å². The lowest BCUT2D eigenvalue weighted by Crippen LogP contribution is -2.37. The molecule has 0 amide bonds. The number of nitrogens with two attached hydrogens (primary N) is 1. The molecule has 0 bridgehead atoms. The Bertz CT molecular complexity index is 479. The van der Waals surface area contributed by atoms with Gasteiger partial charge in [0.15, 0.2) is 0 Å². The van der Waals surface area contributed by atoms with Gasteiger partial charge in [-0.3, -0.25) is 5.43 Å². The smallest absolute Gasteiger partial charge is 0.0559 e. The van der Waals surface area contributed by atoms with Crippen molar-refractivity contribution in [1.29, 1.82) is 0 Å². The normalized spacial score (nSPS) is 16.5. The fraction of sp³-hybridized carbons (Fsp3) is 0.333. The van der Waals surface area contributed by atoms with Gasteiger partial charge >= 0.3 is 0 Å². The fourth-order valence-electron chi connectivity index (χ4n) is 2.25. The van der Waals surface area contributed by atoms with E-state index in [0.29, 0.717) is 0 Å². The molecule has 3 N–H and O–H groups in total. The minimum absolute atomic E-state index is 0.836. The first-order chi connectivity index (χ1) is 10.6. The van der Waals surface area contributed by atoms with Crippen molar-refractivity contribution in [2.24, 2.45) is 5.84 Å². The summed E-state index contributed by atoms with van der Waals surface area (Å²) in [7, 11) is 0. The first kappa shape index (κ1) is 17.9. The molecule has 4 heteroatoms. The van der Waals surface area contributed by atoms with Gasteiger partial charge in [-0.1, -0.05) is 31.9 Å². The summed E-state index contributed by atoms with van der Waals surface area (Å²) in [5.74, 6) is 5.66. The van der Waals surface area contributed by atoms with Crippen LogP contribution >= 0.6 is 0 Å². The van der Waals surface area contributed by atoms with Crippen LogP contribution in [-0.4, -0.2) is 23.1 Å². The van der Waals surface area contributed by atoms with Crippen LogP contribution in [0, 0.1) is 0 Å². The molecule has 1 saturated heterocycles. The molecule has 22 heavy (non-hydrogen) atoms. The van der Waals surface area contributed by atoms with E-state index in [2.05, 4.69) is 42.2 Å². The number of allylic oxidation sites excluding steroid dienone is 6. The zero-order valence-electron chi connectivity index (χ0n) is 13.6. The standard InChI is InChI=1S/C18H28N4/c1-5-10-18(20-22(19)6-2)15-16(3)11-12-17(4)21-13-8-7-9-14-21/h5-6,10-12,15,20H,1-2,4,7-9,13-14,19H2,3H3/b12-11-,16-15+,18-10-. The van der Waals surface area contributed by atoms with Gasteiger partial charge < -0.3 is 4.90 Å². The van der Waals surface area contributed by atoms with Crippen molar-refractivity contribution in [2.45, 2.75) is 26.2 Å². The van der Waals surface area contributed by atoms with Gasteiger partial charge in [-0.15, -0.1) is 0 Å². The Labute approximate surface area is 134 Å². The molecule has 1 aliphatic heterocycles. The number of piperidine rings is 1. The predicted octanol–water partition coefficient (Wildman–Crippen LogP) is 3.38. The third-order valence-electron chi connectivity index (χ3n) is 3.44. The Hall–Kier alpha value is -2.20. The first-order valence-electron chi connectivity index (χ1n) is 7.63. The quantitative estimate of drug-likeness (QED) is 0.410. The van der Waals surface area contributed by atoms with E-state index in [1.165, 1.54) is 30.6 Å². The van der Waals surface area contributed by atoms with Crippen LogP contribution in [0.15, 0.2) is 73.3 Å². The molecular weight excluding hydrogens is 272 g/mol. The summed E-state index contributed by atoms with van der Waals surface area (Å²) in [4.78, 5) is 2.34. The Morgan fingerprint density at radius 1 is 1.18 bits per heavy atom. The monoisotopic (exact) mass is 300 g/mol. The largest absolute Gasteiger partial charge is 0.372 e. The highest BCUT2D eigenvalue weighted by Gasteiger charge is 2.09. The highest BCUT2D eigenvalue weighted by molar-refractivity contribution is 5.32. The number of likely N-dealkylation sites (tertiary alicyclic amines) is 1. The lowest BCUT2D eigenvalue weighted by atomic mass is 10.1. The summed E-state index contributed by atoms with van der Waals surface area (Å²) in [5.41, 5.74) is 5.99. The second kappa shape index (κ2) is 9.68. The maximum atomic E-state index is 5.66. The van der Waals surface area contributed by atoms with Crippen LogP contribution in [0.1, 0.15) is 26.2 Å². The van der Waals surface area contributed by atoms with Crippen molar-refractivity contribution in [1.82, 2.24) is 15.4 Å². The molecule has 0 aromatic rings. The van der Waals surface area contributed by atoms with Gasteiger partial charge in [0.05, 0.1) is 5.70 Å². The second-order valence-electron chi connectivity index (χ2n) is 5.32. The molecule has 0 saturated carbocycles. The van der Waals surface area contributed by atoms with E-state index in [9.17, 15) is 0 Å². The van der Waals surface area contributed by atoms with Crippen LogP contribution < -0.4 is 11.3 Å². The maximum Gasteiger partial charge on any atom is 0.0559 e. The molecule has 1 aliphatic rings. The lowest BCUT2D eigenvalue weighted by Gasteiger charge is -2.28. The van der Waals surface area contributed by atoms with Crippen molar-refractivity contribution in [3.05, 3.63) is 73.3 Å². The Morgan fingerprint density at radius 2 is 1.86 bits per heavy atom. The predicted molar refractivity (Wildman–Crippen MR) is 95.1 cm³/mol. The first-order valence-corrected chi connectivity index (χ1v) is 7.63. The maximum absolute atomic E-state index is 5.66. The highest BCUT2D eigenvalue weighted by Crippen LogP contribution is 2.15. The lowest BCUT2D eigenvalue weighted by molar-refractivity contribution is 0.294. The Kier molecular flexibility index (Phi) is 7.86. The molecule has 0 unspecified atom stereocenters. The van der Waals surface area contributed by atoms with E-state index in [4.69, 9.17) is 5.84 Å². The van der Waals surface area contributed by atoms with Crippen LogP contribution in [0.2, 0.25) is 0 Å². The SMILES string of the molecule is C=C/C=C(/C=C(C)/C=C\C(=C)N1CCCCC1)NN(N)C=C. The van der Waals surface area contributed by atoms with E-state index in [1.807, 2.05) is 19.1 Å². The third-order valence-corrected chi connectivity index (χ3v) is 3.44. The summed E-state index contributed by atoms with van der Waals surface area (Å²) in [6.45, 7) is 15.7. The van der Waals surface area contributed by atoms with E-state index < -0.39 is 0 Å². The molecule has 120 valence electrons. The summed E-state index contributed by atoms with van der Waals surface area (Å²) in [6, 6.07) is 0.